The van der Waals surface area contributed by atoms with Crippen LogP contribution in [0, 0.1) is 0 Å². The predicted octanol–water partition coefficient (Wildman–Crippen LogP) is 4.84. The zero-order chi connectivity index (χ0) is 14.5. The molecule has 106 valence electrons. The second kappa shape index (κ2) is 7.18. The Morgan fingerprint density at radius 3 is 2.58 bits per heavy atom. The van der Waals surface area contributed by atoms with E-state index in [1.54, 1.807) is 6.07 Å². The Labute approximate surface area is 125 Å². The van der Waals surface area contributed by atoms with Crippen molar-refractivity contribution in [1.82, 2.24) is 5.32 Å². The molecule has 0 aromatic heterocycles. The van der Waals surface area contributed by atoms with Crippen LogP contribution in [0.5, 0.6) is 5.75 Å². The summed E-state index contributed by atoms with van der Waals surface area (Å²) >= 11 is 12.3. The zero-order valence-electron chi connectivity index (χ0n) is 11.7. The Bertz CT molecular complexity index is 439. The number of benzene rings is 1. The number of hydrogen-bond donors (Lipinski definition) is 1. The summed E-state index contributed by atoms with van der Waals surface area (Å²) in [6, 6.07) is 3.59. The molecule has 0 bridgehead atoms. The van der Waals surface area contributed by atoms with Crippen molar-refractivity contribution in [2.45, 2.75) is 39.3 Å². The van der Waals surface area contributed by atoms with E-state index < -0.39 is 0 Å². The smallest absolute Gasteiger partial charge is 0.142 e. The number of hydrogen-bond acceptors (Lipinski definition) is 2. The lowest BCUT2D eigenvalue weighted by Gasteiger charge is -2.22. The van der Waals surface area contributed by atoms with Gasteiger partial charge in [0.25, 0.3) is 0 Å². The zero-order valence-corrected chi connectivity index (χ0v) is 13.2. The van der Waals surface area contributed by atoms with Crippen LogP contribution in [0.25, 0.3) is 0 Å². The minimum Gasteiger partial charge on any atom is -0.491 e. The van der Waals surface area contributed by atoms with Gasteiger partial charge in [0.05, 0.1) is 11.6 Å². The lowest BCUT2D eigenvalue weighted by Crippen LogP contribution is -2.35. The fraction of sp³-hybridized carbons (Fsp3) is 0.467. The first-order valence-electron chi connectivity index (χ1n) is 6.30. The topological polar surface area (TPSA) is 21.3 Å². The molecule has 0 aliphatic heterocycles. The SMILES string of the molecule is C=CCCOc1c(Cl)cc(Cl)cc1CNC(C)(C)C. The van der Waals surface area contributed by atoms with Crippen LogP contribution >= 0.6 is 23.2 Å². The van der Waals surface area contributed by atoms with Gasteiger partial charge in [-0.25, -0.2) is 0 Å². The average Bonchev–Trinajstić information content (AvgIpc) is 2.28. The Balaban J connectivity index is 2.89. The highest BCUT2D eigenvalue weighted by molar-refractivity contribution is 6.35. The molecular formula is C15H21Cl2NO. The van der Waals surface area contributed by atoms with Gasteiger partial charge >= 0.3 is 0 Å². The Hall–Kier alpha value is -0.700. The van der Waals surface area contributed by atoms with Crippen molar-refractivity contribution in [3.63, 3.8) is 0 Å². The van der Waals surface area contributed by atoms with Gasteiger partial charge in [-0.3, -0.25) is 0 Å². The molecule has 1 aromatic rings. The Morgan fingerprint density at radius 1 is 1.32 bits per heavy atom. The van der Waals surface area contributed by atoms with Gasteiger partial charge in [-0.05, 0) is 39.3 Å². The minimum atomic E-state index is 0.0210. The molecule has 0 fully saturated rings. The molecule has 0 aliphatic carbocycles. The maximum Gasteiger partial charge on any atom is 0.142 e. The summed E-state index contributed by atoms with van der Waals surface area (Å²) < 4.78 is 5.73. The second-order valence-corrected chi connectivity index (χ2v) is 6.25. The summed E-state index contributed by atoms with van der Waals surface area (Å²) in [5, 5.41) is 4.57. The van der Waals surface area contributed by atoms with Crippen molar-refractivity contribution >= 4 is 23.2 Å². The standard InChI is InChI=1S/C15H21Cl2NO/c1-5-6-7-19-14-11(10-18-15(2,3)4)8-12(16)9-13(14)17/h5,8-9,18H,1,6-7,10H2,2-4H3. The molecule has 2 nitrogen and oxygen atoms in total. The Kier molecular flexibility index (Phi) is 6.18. The van der Waals surface area contributed by atoms with Crippen LogP contribution < -0.4 is 10.1 Å². The molecule has 0 aliphatic rings. The number of halogens is 2. The molecule has 1 N–H and O–H groups in total. The highest BCUT2D eigenvalue weighted by Crippen LogP contribution is 2.32. The largest absolute Gasteiger partial charge is 0.491 e. The van der Waals surface area contributed by atoms with Gasteiger partial charge in [-0.2, -0.15) is 0 Å². The van der Waals surface area contributed by atoms with Crippen LogP contribution in [-0.2, 0) is 6.54 Å². The van der Waals surface area contributed by atoms with Crippen molar-refractivity contribution in [3.05, 3.63) is 40.4 Å². The Morgan fingerprint density at radius 2 is 2.00 bits per heavy atom. The average molecular weight is 302 g/mol. The van der Waals surface area contributed by atoms with Crippen LogP contribution in [0.15, 0.2) is 24.8 Å². The maximum absolute atomic E-state index is 6.20. The summed E-state index contributed by atoms with van der Waals surface area (Å²) in [4.78, 5) is 0. The van der Waals surface area contributed by atoms with Crippen molar-refractivity contribution in [3.8, 4) is 5.75 Å². The van der Waals surface area contributed by atoms with E-state index in [2.05, 4.69) is 32.7 Å². The van der Waals surface area contributed by atoms with Gasteiger partial charge in [0.1, 0.15) is 5.75 Å². The molecule has 0 amide bonds. The molecule has 0 radical (unpaired) electrons. The van der Waals surface area contributed by atoms with Crippen molar-refractivity contribution < 1.29 is 4.74 Å². The van der Waals surface area contributed by atoms with Gasteiger partial charge in [0, 0.05) is 22.7 Å². The molecule has 0 saturated carbocycles. The molecular weight excluding hydrogens is 281 g/mol. The third kappa shape index (κ3) is 5.85. The van der Waals surface area contributed by atoms with E-state index >= 15 is 0 Å². The molecule has 1 aromatic carbocycles. The van der Waals surface area contributed by atoms with Gasteiger partial charge in [0.15, 0.2) is 0 Å². The lowest BCUT2D eigenvalue weighted by atomic mass is 10.1. The van der Waals surface area contributed by atoms with Crippen LogP contribution in [0.3, 0.4) is 0 Å². The fourth-order valence-electron chi connectivity index (χ4n) is 1.51. The predicted molar refractivity (Wildman–Crippen MR) is 83.4 cm³/mol. The van der Waals surface area contributed by atoms with Gasteiger partial charge < -0.3 is 10.1 Å². The molecule has 0 heterocycles. The number of ether oxygens (including phenoxy) is 1. The maximum atomic E-state index is 6.20. The van der Waals surface area contributed by atoms with Crippen LogP contribution in [-0.4, -0.2) is 12.1 Å². The minimum absolute atomic E-state index is 0.0210. The van der Waals surface area contributed by atoms with Gasteiger partial charge in [-0.1, -0.05) is 29.3 Å². The van der Waals surface area contributed by atoms with Gasteiger partial charge in [0.2, 0.25) is 0 Å². The summed E-state index contributed by atoms with van der Waals surface area (Å²) in [6.07, 6.45) is 2.60. The molecule has 1 rings (SSSR count). The fourth-order valence-corrected chi connectivity index (χ4v) is 2.10. The molecule has 0 spiro atoms. The highest BCUT2D eigenvalue weighted by atomic mass is 35.5. The normalized spacial score (nSPS) is 11.4. The van der Waals surface area contributed by atoms with Crippen LogP contribution in [0.2, 0.25) is 10.0 Å². The van der Waals surface area contributed by atoms with E-state index in [9.17, 15) is 0 Å². The third-order valence-corrected chi connectivity index (χ3v) is 2.96. The van der Waals surface area contributed by atoms with Crippen molar-refractivity contribution in [2.24, 2.45) is 0 Å². The summed E-state index contributed by atoms with van der Waals surface area (Å²) in [7, 11) is 0. The van der Waals surface area contributed by atoms with E-state index in [-0.39, 0.29) is 5.54 Å². The summed E-state index contributed by atoms with van der Waals surface area (Å²) in [5.41, 5.74) is 0.990. The van der Waals surface area contributed by atoms with E-state index in [0.717, 1.165) is 12.0 Å². The first-order chi connectivity index (χ1) is 8.83. The van der Waals surface area contributed by atoms with Crippen LogP contribution in [0.1, 0.15) is 32.8 Å². The molecule has 0 unspecified atom stereocenters. The van der Waals surface area contributed by atoms with Crippen molar-refractivity contribution in [1.29, 1.82) is 0 Å². The first kappa shape index (κ1) is 16.4. The molecule has 4 heteroatoms. The van der Waals surface area contributed by atoms with Gasteiger partial charge in [-0.15, -0.1) is 6.58 Å². The summed E-state index contributed by atoms with van der Waals surface area (Å²) in [6.45, 7) is 11.2. The van der Waals surface area contributed by atoms with E-state index in [1.807, 2.05) is 12.1 Å². The van der Waals surface area contributed by atoms with Crippen LogP contribution in [0.4, 0.5) is 0 Å². The van der Waals surface area contributed by atoms with E-state index in [0.29, 0.717) is 28.9 Å². The highest BCUT2D eigenvalue weighted by Gasteiger charge is 2.14. The van der Waals surface area contributed by atoms with Crippen molar-refractivity contribution in [2.75, 3.05) is 6.61 Å². The first-order valence-corrected chi connectivity index (χ1v) is 7.05. The molecule has 19 heavy (non-hydrogen) atoms. The summed E-state index contributed by atoms with van der Waals surface area (Å²) in [5.74, 6) is 0.699. The second-order valence-electron chi connectivity index (χ2n) is 5.41. The molecule has 0 saturated heterocycles. The third-order valence-electron chi connectivity index (χ3n) is 2.46. The lowest BCUT2D eigenvalue weighted by molar-refractivity contribution is 0.318. The van der Waals surface area contributed by atoms with E-state index in [4.69, 9.17) is 27.9 Å². The molecule has 0 atom stereocenters. The monoisotopic (exact) mass is 301 g/mol. The van der Waals surface area contributed by atoms with E-state index in [1.165, 1.54) is 0 Å². The number of nitrogens with one attached hydrogen (secondary N) is 1. The number of rotatable bonds is 6. The quantitative estimate of drug-likeness (QED) is 0.600.